The van der Waals surface area contributed by atoms with Gasteiger partial charge in [0.05, 0.1) is 42.7 Å². The zero-order valence-electron chi connectivity index (χ0n) is 24.4. The van der Waals surface area contributed by atoms with Crippen LogP contribution in [-0.2, 0) is 20.9 Å². The van der Waals surface area contributed by atoms with Gasteiger partial charge in [0.25, 0.3) is 5.56 Å². The van der Waals surface area contributed by atoms with Crippen LogP contribution < -0.4 is 29.1 Å². The number of nitrogens with zero attached hydrogens (tertiary/aromatic N) is 2. The van der Waals surface area contributed by atoms with Gasteiger partial charge in [-0.1, -0.05) is 59.9 Å². The van der Waals surface area contributed by atoms with Crippen molar-refractivity contribution in [2.75, 3.05) is 34.5 Å². The van der Waals surface area contributed by atoms with Crippen molar-refractivity contribution in [3.05, 3.63) is 120 Å². The molecule has 0 saturated carbocycles. The molecule has 222 valence electrons. The third kappa shape index (κ3) is 6.55. The van der Waals surface area contributed by atoms with Crippen molar-refractivity contribution < 1.29 is 28.5 Å². The molecule has 10 heteroatoms. The highest BCUT2D eigenvalue weighted by Gasteiger charge is 2.33. The van der Waals surface area contributed by atoms with Crippen LogP contribution in [0, 0.1) is 0 Å². The molecule has 0 radical (unpaired) electrons. The summed E-state index contributed by atoms with van der Waals surface area (Å²) in [5.74, 6) is 1.25. The Hall–Kier alpha value is -4.67. The molecule has 4 aromatic rings. The first-order valence-corrected chi connectivity index (χ1v) is 14.4. The molecular weight excluding hydrogens is 568 g/mol. The van der Waals surface area contributed by atoms with E-state index in [-0.39, 0.29) is 18.8 Å². The molecule has 1 aliphatic heterocycles. The molecule has 0 fully saturated rings. The number of ether oxygens (including phenoxy) is 5. The van der Waals surface area contributed by atoms with Gasteiger partial charge < -0.3 is 23.7 Å². The van der Waals surface area contributed by atoms with Gasteiger partial charge in [-0.25, -0.2) is 9.79 Å². The highest BCUT2D eigenvalue weighted by atomic mass is 32.1. The Bertz CT molecular complexity index is 1810. The van der Waals surface area contributed by atoms with Crippen LogP contribution in [0.2, 0.25) is 0 Å². The fourth-order valence-electron chi connectivity index (χ4n) is 4.77. The number of fused-ring (bicyclic) bond motifs is 1. The monoisotopic (exact) mass is 600 g/mol. The smallest absolute Gasteiger partial charge is 0.338 e. The lowest BCUT2D eigenvalue weighted by Crippen LogP contribution is -2.40. The van der Waals surface area contributed by atoms with Gasteiger partial charge in [-0.05, 0) is 54.0 Å². The molecule has 1 aromatic heterocycles. The van der Waals surface area contributed by atoms with E-state index in [0.717, 1.165) is 16.7 Å². The molecule has 0 amide bonds. The van der Waals surface area contributed by atoms with Gasteiger partial charge in [0.15, 0.2) is 16.3 Å². The summed E-state index contributed by atoms with van der Waals surface area (Å²) in [5, 5.41) is 0. The molecule has 2 heterocycles. The number of benzene rings is 3. The van der Waals surface area contributed by atoms with Crippen molar-refractivity contribution in [3.63, 3.8) is 0 Å². The summed E-state index contributed by atoms with van der Waals surface area (Å²) in [6, 6.07) is 21.9. The molecule has 43 heavy (non-hydrogen) atoms. The predicted octanol–water partition coefficient (Wildman–Crippen LogP) is 4.02. The molecular formula is C33H32N2O7S. The van der Waals surface area contributed by atoms with E-state index < -0.39 is 12.0 Å². The van der Waals surface area contributed by atoms with Crippen LogP contribution in [0.5, 0.6) is 17.2 Å². The molecule has 0 aliphatic carbocycles. The number of thiazole rings is 1. The van der Waals surface area contributed by atoms with E-state index in [9.17, 15) is 9.59 Å². The van der Waals surface area contributed by atoms with Crippen molar-refractivity contribution in [2.24, 2.45) is 4.99 Å². The van der Waals surface area contributed by atoms with Crippen molar-refractivity contribution >= 4 is 23.4 Å². The molecule has 5 rings (SSSR count). The Kier molecular flexibility index (Phi) is 9.38. The van der Waals surface area contributed by atoms with Crippen LogP contribution in [0.15, 0.2) is 93.9 Å². The zero-order valence-corrected chi connectivity index (χ0v) is 25.2. The molecule has 1 atom stereocenters. The van der Waals surface area contributed by atoms with Crippen molar-refractivity contribution in [1.82, 2.24) is 4.57 Å². The van der Waals surface area contributed by atoms with Gasteiger partial charge in [-0.3, -0.25) is 9.36 Å². The van der Waals surface area contributed by atoms with Crippen LogP contribution in [0.1, 0.15) is 29.7 Å². The number of hydrogen-bond donors (Lipinski definition) is 0. The molecule has 9 nitrogen and oxygen atoms in total. The van der Waals surface area contributed by atoms with Crippen LogP contribution in [0.3, 0.4) is 0 Å². The van der Waals surface area contributed by atoms with E-state index in [1.807, 2.05) is 60.7 Å². The van der Waals surface area contributed by atoms with Crippen LogP contribution in [0.25, 0.3) is 6.08 Å². The normalized spacial score (nSPS) is 14.6. The Labute approximate surface area is 252 Å². The summed E-state index contributed by atoms with van der Waals surface area (Å²) < 4.78 is 29.3. The van der Waals surface area contributed by atoms with Gasteiger partial charge in [0, 0.05) is 7.11 Å². The third-order valence-electron chi connectivity index (χ3n) is 6.91. The van der Waals surface area contributed by atoms with Gasteiger partial charge in [0.1, 0.15) is 19.0 Å². The molecule has 0 saturated heterocycles. The second-order valence-corrected chi connectivity index (χ2v) is 10.7. The van der Waals surface area contributed by atoms with Crippen molar-refractivity contribution in [2.45, 2.75) is 19.6 Å². The number of allylic oxidation sites excluding steroid dienone is 1. The number of carbonyl (C=O) groups excluding carboxylic acids is 1. The number of rotatable bonds is 11. The Morgan fingerprint density at radius 3 is 2.40 bits per heavy atom. The summed E-state index contributed by atoms with van der Waals surface area (Å²) >= 11 is 1.25. The lowest BCUT2D eigenvalue weighted by molar-refractivity contribution is -0.140. The zero-order chi connectivity index (χ0) is 30.3. The van der Waals surface area contributed by atoms with Crippen molar-refractivity contribution in [1.29, 1.82) is 0 Å². The molecule has 1 unspecified atom stereocenters. The minimum atomic E-state index is -0.748. The molecule has 0 bridgehead atoms. The Morgan fingerprint density at radius 2 is 1.70 bits per heavy atom. The maximum Gasteiger partial charge on any atom is 0.338 e. The average Bonchev–Trinajstić information content (AvgIpc) is 3.33. The van der Waals surface area contributed by atoms with Gasteiger partial charge >= 0.3 is 5.97 Å². The standard InChI is InChI=1S/C33H32N2O7S/c1-21-29(32(37)41-17-16-38-2)30(24-11-13-25(14-12-24)42-20-22-8-6-5-7-9-22)35-31(36)28(43-33(35)34-21)19-23-10-15-26(39-3)27(18-23)40-4/h5-15,18-19,30H,16-17,20H2,1-4H3. The SMILES string of the molecule is COCCOC(=O)C1=C(C)N=c2sc(=Cc3ccc(OC)c(OC)c3)c(=O)n2C1c1ccc(OCc2ccccc2)cc1. The van der Waals surface area contributed by atoms with Crippen molar-refractivity contribution in [3.8, 4) is 17.2 Å². The maximum absolute atomic E-state index is 13.9. The number of methoxy groups -OCH3 is 3. The highest BCUT2D eigenvalue weighted by Crippen LogP contribution is 2.32. The fourth-order valence-corrected chi connectivity index (χ4v) is 5.82. The highest BCUT2D eigenvalue weighted by molar-refractivity contribution is 7.07. The lowest BCUT2D eigenvalue weighted by atomic mass is 9.96. The molecule has 0 spiro atoms. The minimum Gasteiger partial charge on any atom is -0.493 e. The predicted molar refractivity (Wildman–Crippen MR) is 163 cm³/mol. The van der Waals surface area contributed by atoms with Crippen LogP contribution in [0.4, 0.5) is 0 Å². The third-order valence-corrected chi connectivity index (χ3v) is 7.89. The Balaban J connectivity index is 1.55. The van der Waals surface area contributed by atoms with E-state index in [1.165, 1.54) is 18.4 Å². The first-order chi connectivity index (χ1) is 20.9. The summed E-state index contributed by atoms with van der Waals surface area (Å²) in [4.78, 5) is 32.5. The average molecular weight is 601 g/mol. The number of aromatic nitrogens is 1. The second-order valence-electron chi connectivity index (χ2n) is 9.67. The topological polar surface area (TPSA) is 97.6 Å². The summed E-state index contributed by atoms with van der Waals surface area (Å²) in [5.41, 5.74) is 3.03. The van der Waals surface area contributed by atoms with Crippen LogP contribution in [-0.4, -0.2) is 45.1 Å². The molecule has 0 N–H and O–H groups in total. The molecule has 3 aromatic carbocycles. The number of hydrogen-bond acceptors (Lipinski definition) is 9. The van der Waals surface area contributed by atoms with E-state index in [1.54, 1.807) is 43.9 Å². The Morgan fingerprint density at radius 1 is 0.953 bits per heavy atom. The lowest BCUT2D eigenvalue weighted by Gasteiger charge is -2.25. The first-order valence-electron chi connectivity index (χ1n) is 13.6. The maximum atomic E-state index is 13.9. The van der Waals surface area contributed by atoms with Crippen LogP contribution >= 0.6 is 11.3 Å². The largest absolute Gasteiger partial charge is 0.493 e. The summed E-state index contributed by atoms with van der Waals surface area (Å²) in [7, 11) is 4.66. The second kappa shape index (κ2) is 13.5. The van der Waals surface area contributed by atoms with Gasteiger partial charge in [-0.15, -0.1) is 0 Å². The van der Waals surface area contributed by atoms with E-state index >= 15 is 0 Å². The fraction of sp³-hybridized carbons (Fsp3) is 0.242. The first kappa shape index (κ1) is 29.8. The van der Waals surface area contributed by atoms with E-state index in [2.05, 4.69) is 4.99 Å². The number of esters is 1. The minimum absolute atomic E-state index is 0.0782. The van der Waals surface area contributed by atoms with E-state index in [4.69, 9.17) is 23.7 Å². The summed E-state index contributed by atoms with van der Waals surface area (Å²) in [6.45, 7) is 2.50. The van der Waals surface area contributed by atoms with Gasteiger partial charge in [-0.2, -0.15) is 0 Å². The van der Waals surface area contributed by atoms with E-state index in [0.29, 0.717) is 44.5 Å². The quantitative estimate of drug-likeness (QED) is 0.190. The molecule has 1 aliphatic rings. The summed E-state index contributed by atoms with van der Waals surface area (Å²) in [6.07, 6.45) is 1.78. The van der Waals surface area contributed by atoms with Gasteiger partial charge in [0.2, 0.25) is 0 Å². The number of carbonyl (C=O) groups is 1.